The van der Waals surface area contributed by atoms with Crippen molar-refractivity contribution in [3.63, 3.8) is 0 Å². The Morgan fingerprint density at radius 3 is 2.41 bits per heavy atom. The van der Waals surface area contributed by atoms with E-state index >= 15 is 0 Å². The van der Waals surface area contributed by atoms with Crippen LogP contribution in [0.3, 0.4) is 0 Å². The first-order valence-electron chi connectivity index (χ1n) is 15.2. The Morgan fingerprint density at radius 1 is 0.841 bits per heavy atom. The molecule has 2 aromatic carbocycles. The maximum Gasteiger partial charge on any atom is 0.181 e. The average Bonchev–Trinajstić information content (AvgIpc) is 3.77. The molecule has 0 bridgehead atoms. The van der Waals surface area contributed by atoms with Gasteiger partial charge in [0, 0.05) is 71.3 Å². The highest BCUT2D eigenvalue weighted by molar-refractivity contribution is 5.94. The van der Waals surface area contributed by atoms with Crippen LogP contribution in [0.1, 0.15) is 60.7 Å². The lowest BCUT2D eigenvalue weighted by Crippen LogP contribution is -2.06. The van der Waals surface area contributed by atoms with Crippen LogP contribution in [0.15, 0.2) is 79.4 Å². The molecule has 0 amide bonds. The van der Waals surface area contributed by atoms with Gasteiger partial charge in [-0.15, -0.1) is 0 Å². The van der Waals surface area contributed by atoms with Gasteiger partial charge in [0.2, 0.25) is 0 Å². The Hall–Kier alpha value is -5.05. The second kappa shape index (κ2) is 10.9. The number of aromatic nitrogens is 9. The van der Waals surface area contributed by atoms with Gasteiger partial charge in [0.15, 0.2) is 5.65 Å². The summed E-state index contributed by atoms with van der Waals surface area (Å²) >= 11 is 0. The van der Waals surface area contributed by atoms with Gasteiger partial charge in [0.05, 0.1) is 35.3 Å². The molecule has 44 heavy (non-hydrogen) atoms. The minimum absolute atomic E-state index is 0.279. The molecular formula is C35H37N9. The van der Waals surface area contributed by atoms with Gasteiger partial charge in [0.1, 0.15) is 0 Å². The standard InChI is InChI=1S/C35H37N9/c1-22(2)33-25(5)44(32-15-28-20-43(40-35(28)37-24(32)4)19-26-16-36-41(6)18-26)39-34(33)29-13-10-14-31-30(29)21-42(38-31)17-23(3)27-11-8-7-9-12-27/h7-16,18,20-23H,17,19H2,1-6H3/t23-/m0/s1. The Morgan fingerprint density at radius 2 is 1.66 bits per heavy atom. The summed E-state index contributed by atoms with van der Waals surface area (Å²) in [5, 5.41) is 21.4. The Balaban J connectivity index is 1.28. The van der Waals surface area contributed by atoms with Gasteiger partial charge in [-0.1, -0.05) is 63.2 Å². The van der Waals surface area contributed by atoms with E-state index in [0.29, 0.717) is 12.5 Å². The summed E-state index contributed by atoms with van der Waals surface area (Å²) in [5.74, 6) is 0.627. The van der Waals surface area contributed by atoms with E-state index in [1.54, 1.807) is 4.68 Å². The van der Waals surface area contributed by atoms with E-state index in [1.165, 1.54) is 11.1 Å². The molecule has 0 aliphatic rings. The molecule has 0 saturated carbocycles. The molecule has 0 radical (unpaired) electrons. The van der Waals surface area contributed by atoms with Crippen LogP contribution in [-0.2, 0) is 20.1 Å². The molecule has 5 aromatic heterocycles. The quantitative estimate of drug-likeness (QED) is 0.193. The normalized spacial score (nSPS) is 12.6. The van der Waals surface area contributed by atoms with Crippen LogP contribution in [-0.4, -0.2) is 44.1 Å². The first-order chi connectivity index (χ1) is 21.2. The number of hydrogen-bond acceptors (Lipinski definition) is 5. The number of hydrogen-bond donors (Lipinski definition) is 0. The van der Waals surface area contributed by atoms with E-state index in [-0.39, 0.29) is 5.92 Å². The highest BCUT2D eigenvalue weighted by Gasteiger charge is 2.23. The van der Waals surface area contributed by atoms with Crippen molar-refractivity contribution in [2.24, 2.45) is 7.05 Å². The minimum Gasteiger partial charge on any atom is -0.275 e. The monoisotopic (exact) mass is 583 g/mol. The first-order valence-corrected chi connectivity index (χ1v) is 15.2. The summed E-state index contributed by atoms with van der Waals surface area (Å²) in [5.41, 5.74) is 10.4. The Bertz CT molecular complexity index is 2110. The zero-order chi connectivity index (χ0) is 30.5. The van der Waals surface area contributed by atoms with Crippen molar-refractivity contribution in [2.75, 3.05) is 0 Å². The second-order valence-electron chi connectivity index (χ2n) is 12.2. The number of rotatable bonds is 8. The smallest absolute Gasteiger partial charge is 0.181 e. The van der Waals surface area contributed by atoms with Gasteiger partial charge >= 0.3 is 0 Å². The van der Waals surface area contributed by atoms with Crippen LogP contribution in [0.4, 0.5) is 0 Å². The van der Waals surface area contributed by atoms with Gasteiger partial charge in [0.25, 0.3) is 0 Å². The molecule has 7 aromatic rings. The van der Waals surface area contributed by atoms with Crippen molar-refractivity contribution in [1.82, 2.24) is 44.1 Å². The second-order valence-corrected chi connectivity index (χ2v) is 12.2. The molecule has 0 saturated heterocycles. The minimum atomic E-state index is 0.279. The third-order valence-corrected chi connectivity index (χ3v) is 8.46. The Labute approximate surface area is 256 Å². The van der Waals surface area contributed by atoms with Crippen LogP contribution in [0.2, 0.25) is 0 Å². The summed E-state index contributed by atoms with van der Waals surface area (Å²) in [4.78, 5) is 4.90. The van der Waals surface area contributed by atoms with Crippen LogP contribution in [0.25, 0.3) is 38.9 Å². The molecule has 0 spiro atoms. The molecule has 7 rings (SSSR count). The lowest BCUT2D eigenvalue weighted by molar-refractivity contribution is 0.547. The molecule has 222 valence electrons. The summed E-state index contributed by atoms with van der Waals surface area (Å²) in [6.07, 6.45) is 8.10. The highest BCUT2D eigenvalue weighted by atomic mass is 15.3. The van der Waals surface area contributed by atoms with E-state index in [9.17, 15) is 0 Å². The van der Waals surface area contributed by atoms with Crippen LogP contribution in [0.5, 0.6) is 0 Å². The number of fused-ring (bicyclic) bond motifs is 2. The van der Waals surface area contributed by atoms with Crippen molar-refractivity contribution in [3.8, 4) is 16.9 Å². The van der Waals surface area contributed by atoms with Crippen LogP contribution in [0, 0.1) is 13.8 Å². The van der Waals surface area contributed by atoms with Gasteiger partial charge in [-0.05, 0) is 37.5 Å². The fourth-order valence-electron chi connectivity index (χ4n) is 6.32. The molecule has 1 atom stereocenters. The van der Waals surface area contributed by atoms with Crippen LogP contribution >= 0.6 is 0 Å². The first kappa shape index (κ1) is 27.8. The lowest BCUT2D eigenvalue weighted by Gasteiger charge is -2.11. The molecule has 0 aliphatic carbocycles. The van der Waals surface area contributed by atoms with Crippen LogP contribution < -0.4 is 0 Å². The maximum absolute atomic E-state index is 5.29. The molecule has 5 heterocycles. The summed E-state index contributed by atoms with van der Waals surface area (Å²) < 4.78 is 7.87. The van der Waals surface area contributed by atoms with Gasteiger partial charge < -0.3 is 0 Å². The number of pyridine rings is 1. The third kappa shape index (κ3) is 4.98. The molecular weight excluding hydrogens is 546 g/mol. The predicted octanol–water partition coefficient (Wildman–Crippen LogP) is 6.96. The zero-order valence-electron chi connectivity index (χ0n) is 26.1. The number of nitrogens with zero attached hydrogens (tertiary/aromatic N) is 9. The SMILES string of the molecule is Cc1nc2nn(Cc3cnn(C)c3)cc2cc1-n1nc(-c2cccc3nn(C[C@H](C)c4ccccc4)cc23)c(C(C)C)c1C. The fourth-order valence-corrected chi connectivity index (χ4v) is 6.32. The molecule has 0 unspecified atom stereocenters. The van der Waals surface area contributed by atoms with E-state index in [1.807, 2.05) is 37.2 Å². The molecule has 0 fully saturated rings. The molecule has 0 N–H and O–H groups in total. The van der Waals surface area contributed by atoms with Crippen molar-refractivity contribution >= 4 is 21.9 Å². The molecule has 0 aliphatic heterocycles. The lowest BCUT2D eigenvalue weighted by atomic mass is 9.95. The maximum atomic E-state index is 5.29. The number of benzene rings is 2. The predicted molar refractivity (Wildman–Crippen MR) is 174 cm³/mol. The topological polar surface area (TPSA) is 84.2 Å². The van der Waals surface area contributed by atoms with E-state index in [4.69, 9.17) is 20.3 Å². The summed E-state index contributed by atoms with van der Waals surface area (Å²) in [7, 11) is 1.92. The van der Waals surface area contributed by atoms with E-state index in [2.05, 4.69) is 103 Å². The zero-order valence-corrected chi connectivity index (χ0v) is 26.1. The number of aryl methyl sites for hydroxylation is 2. The largest absolute Gasteiger partial charge is 0.275 e. The van der Waals surface area contributed by atoms with Gasteiger partial charge in [-0.25, -0.2) is 9.67 Å². The highest BCUT2D eigenvalue weighted by Crippen LogP contribution is 2.37. The van der Waals surface area contributed by atoms with E-state index in [0.717, 1.165) is 62.4 Å². The average molecular weight is 584 g/mol. The van der Waals surface area contributed by atoms with Crippen molar-refractivity contribution in [2.45, 2.75) is 59.5 Å². The van der Waals surface area contributed by atoms with Crippen molar-refractivity contribution in [1.29, 1.82) is 0 Å². The third-order valence-electron chi connectivity index (χ3n) is 8.46. The molecule has 9 nitrogen and oxygen atoms in total. The Kier molecular flexibility index (Phi) is 6.88. The van der Waals surface area contributed by atoms with Gasteiger partial charge in [-0.3, -0.25) is 14.0 Å². The molecule has 9 heteroatoms. The summed E-state index contributed by atoms with van der Waals surface area (Å²) in [6, 6.07) is 19.1. The van der Waals surface area contributed by atoms with Gasteiger partial charge in [-0.2, -0.15) is 20.4 Å². The van der Waals surface area contributed by atoms with Crippen molar-refractivity contribution < 1.29 is 0 Å². The fraction of sp³-hybridized carbons (Fsp3) is 0.286. The van der Waals surface area contributed by atoms with Crippen molar-refractivity contribution in [3.05, 3.63) is 107 Å². The van der Waals surface area contributed by atoms with E-state index < -0.39 is 0 Å². The summed E-state index contributed by atoms with van der Waals surface area (Å²) in [6.45, 7) is 12.4.